The molecule has 0 saturated carbocycles. The Labute approximate surface area is 151 Å². The van der Waals surface area contributed by atoms with E-state index >= 15 is 0 Å². The Bertz CT molecular complexity index is 960. The number of hydrogen-bond donors (Lipinski definition) is 1. The Hall–Kier alpha value is -3.15. The number of benzene rings is 2. The first-order chi connectivity index (χ1) is 12.7. The molecule has 0 radical (unpaired) electrons. The van der Waals surface area contributed by atoms with Gasteiger partial charge in [0.05, 0.1) is 50.3 Å². The minimum absolute atomic E-state index is 0.0883. The highest BCUT2D eigenvalue weighted by Crippen LogP contribution is 2.40. The molecular formula is C20H20N2O4. The number of hydrogen-bond acceptors (Lipinski definition) is 6. The number of ether oxygens (including phenoxy) is 3. The zero-order valence-electron chi connectivity index (χ0n) is 14.9. The lowest BCUT2D eigenvalue weighted by Gasteiger charge is -2.14. The molecule has 26 heavy (non-hydrogen) atoms. The third kappa shape index (κ3) is 2.63. The van der Waals surface area contributed by atoms with E-state index in [0.29, 0.717) is 11.5 Å². The first-order valence-electron chi connectivity index (χ1n) is 8.33. The fourth-order valence-electron chi connectivity index (χ4n) is 3.33. The van der Waals surface area contributed by atoms with Gasteiger partial charge >= 0.3 is 0 Å². The van der Waals surface area contributed by atoms with E-state index in [1.54, 1.807) is 27.6 Å². The second-order valence-electron chi connectivity index (χ2n) is 6.04. The minimum Gasteiger partial charge on any atom is -0.497 e. The van der Waals surface area contributed by atoms with Gasteiger partial charge < -0.3 is 24.1 Å². The molecule has 0 unspecified atom stereocenters. The lowest BCUT2D eigenvalue weighted by Crippen LogP contribution is -2.10. The summed E-state index contributed by atoms with van der Waals surface area (Å²) < 4.78 is 22.0. The number of furan rings is 1. The van der Waals surface area contributed by atoms with E-state index in [1.807, 2.05) is 36.4 Å². The largest absolute Gasteiger partial charge is 0.497 e. The number of nitrogens with one attached hydrogen (secondary N) is 1. The predicted octanol–water partition coefficient (Wildman–Crippen LogP) is 3.90. The highest BCUT2D eigenvalue weighted by atomic mass is 16.5. The van der Waals surface area contributed by atoms with Crippen LogP contribution in [0.5, 0.6) is 17.2 Å². The Balaban J connectivity index is 1.69. The van der Waals surface area contributed by atoms with E-state index in [4.69, 9.17) is 18.6 Å². The average Bonchev–Trinajstić information content (AvgIpc) is 3.35. The zero-order chi connectivity index (χ0) is 18.1. The number of fused-ring (bicyclic) bond motifs is 1. The van der Waals surface area contributed by atoms with Gasteiger partial charge in [-0.1, -0.05) is 12.1 Å². The van der Waals surface area contributed by atoms with E-state index in [2.05, 4.69) is 10.5 Å². The van der Waals surface area contributed by atoms with E-state index in [1.165, 1.54) is 0 Å². The smallest absolute Gasteiger partial charge is 0.142 e. The number of rotatable bonds is 5. The fraction of sp³-hybridized carbons (Fsp3) is 0.250. The molecule has 1 N–H and O–H groups in total. The predicted molar refractivity (Wildman–Crippen MR) is 99.3 cm³/mol. The van der Waals surface area contributed by atoms with Crippen molar-refractivity contribution >= 4 is 16.7 Å². The summed E-state index contributed by atoms with van der Waals surface area (Å²) in [4.78, 5) is 0. The summed E-state index contributed by atoms with van der Waals surface area (Å²) in [6, 6.07) is 11.8. The number of nitrogens with zero attached hydrogens (tertiary/aromatic N) is 1. The van der Waals surface area contributed by atoms with Gasteiger partial charge in [0, 0.05) is 12.5 Å². The number of methoxy groups -OCH3 is 3. The second-order valence-corrected chi connectivity index (χ2v) is 6.04. The van der Waals surface area contributed by atoms with Crippen LogP contribution >= 0.6 is 0 Å². The maximum Gasteiger partial charge on any atom is 0.142 e. The summed E-state index contributed by atoms with van der Waals surface area (Å²) in [5.41, 5.74) is 6.83. The van der Waals surface area contributed by atoms with Gasteiger partial charge in [-0.25, -0.2) is 0 Å². The summed E-state index contributed by atoms with van der Waals surface area (Å²) in [7, 11) is 4.94. The molecule has 1 atom stereocenters. The van der Waals surface area contributed by atoms with Gasteiger partial charge in [-0.05, 0) is 23.8 Å². The molecular weight excluding hydrogens is 332 g/mol. The molecule has 6 heteroatoms. The maximum absolute atomic E-state index is 5.68. The Morgan fingerprint density at radius 3 is 2.54 bits per heavy atom. The third-order valence-electron chi connectivity index (χ3n) is 4.66. The van der Waals surface area contributed by atoms with Crippen LogP contribution in [0.3, 0.4) is 0 Å². The molecule has 0 spiro atoms. The van der Waals surface area contributed by atoms with Crippen LogP contribution in [0.2, 0.25) is 0 Å². The highest BCUT2D eigenvalue weighted by Gasteiger charge is 2.28. The number of hydrazone groups is 1. The Morgan fingerprint density at radius 2 is 1.85 bits per heavy atom. The summed E-state index contributed by atoms with van der Waals surface area (Å²) in [5, 5.41) is 5.46. The van der Waals surface area contributed by atoms with Crippen LogP contribution in [0.15, 0.2) is 52.2 Å². The van der Waals surface area contributed by atoms with Crippen molar-refractivity contribution in [2.24, 2.45) is 5.10 Å². The maximum atomic E-state index is 5.68. The van der Waals surface area contributed by atoms with Gasteiger partial charge in [0.25, 0.3) is 0 Å². The zero-order valence-corrected chi connectivity index (χ0v) is 14.9. The SMILES string of the molecule is COc1ccc([C@H]2CC(c3c(OC)cc4occc4c3OC)=NN2)cc1. The van der Waals surface area contributed by atoms with Crippen LogP contribution in [0.4, 0.5) is 0 Å². The van der Waals surface area contributed by atoms with Crippen LogP contribution in [-0.2, 0) is 0 Å². The van der Waals surface area contributed by atoms with Gasteiger partial charge in [0.2, 0.25) is 0 Å². The van der Waals surface area contributed by atoms with E-state index in [9.17, 15) is 0 Å². The molecule has 0 fully saturated rings. The van der Waals surface area contributed by atoms with E-state index < -0.39 is 0 Å². The van der Waals surface area contributed by atoms with Crippen molar-refractivity contribution in [1.29, 1.82) is 0 Å². The topological polar surface area (TPSA) is 65.2 Å². The lowest BCUT2D eigenvalue weighted by atomic mass is 9.97. The summed E-state index contributed by atoms with van der Waals surface area (Å²) >= 11 is 0. The molecule has 2 heterocycles. The fourth-order valence-corrected chi connectivity index (χ4v) is 3.33. The second kappa shape index (κ2) is 6.63. The first-order valence-corrected chi connectivity index (χ1v) is 8.33. The van der Waals surface area contributed by atoms with Gasteiger partial charge in [0.15, 0.2) is 0 Å². The third-order valence-corrected chi connectivity index (χ3v) is 4.66. The van der Waals surface area contributed by atoms with E-state index in [-0.39, 0.29) is 6.04 Å². The molecule has 2 aromatic carbocycles. The quantitative estimate of drug-likeness (QED) is 0.754. The molecule has 3 aromatic rings. The van der Waals surface area contributed by atoms with Crippen LogP contribution < -0.4 is 19.6 Å². The Kier molecular flexibility index (Phi) is 4.16. The minimum atomic E-state index is 0.0883. The molecule has 6 nitrogen and oxygen atoms in total. The molecule has 0 amide bonds. The monoisotopic (exact) mass is 352 g/mol. The van der Waals surface area contributed by atoms with Crippen molar-refractivity contribution in [2.45, 2.75) is 12.5 Å². The van der Waals surface area contributed by atoms with Gasteiger partial charge in [-0.2, -0.15) is 5.10 Å². The van der Waals surface area contributed by atoms with Crippen LogP contribution in [0, 0.1) is 0 Å². The van der Waals surface area contributed by atoms with Crippen LogP contribution in [0.25, 0.3) is 11.0 Å². The summed E-state index contributed by atoms with van der Waals surface area (Å²) in [6.45, 7) is 0. The molecule has 1 aliphatic rings. The molecule has 1 aliphatic heterocycles. The molecule has 0 aliphatic carbocycles. The first kappa shape index (κ1) is 16.3. The molecule has 0 saturated heterocycles. The molecule has 134 valence electrons. The average molecular weight is 352 g/mol. The lowest BCUT2D eigenvalue weighted by molar-refractivity contribution is 0.395. The van der Waals surface area contributed by atoms with Crippen LogP contribution in [0.1, 0.15) is 23.6 Å². The van der Waals surface area contributed by atoms with E-state index in [0.717, 1.165) is 40.0 Å². The highest BCUT2D eigenvalue weighted by molar-refractivity contribution is 6.10. The Morgan fingerprint density at radius 1 is 1.04 bits per heavy atom. The van der Waals surface area contributed by atoms with Gasteiger partial charge in [-0.3, -0.25) is 0 Å². The summed E-state index contributed by atoms with van der Waals surface area (Å²) in [6.07, 6.45) is 2.37. The molecule has 4 rings (SSSR count). The van der Waals surface area contributed by atoms with Crippen molar-refractivity contribution in [1.82, 2.24) is 5.43 Å². The van der Waals surface area contributed by atoms with Crippen molar-refractivity contribution in [2.75, 3.05) is 21.3 Å². The van der Waals surface area contributed by atoms with Crippen LogP contribution in [-0.4, -0.2) is 27.0 Å². The summed E-state index contributed by atoms with van der Waals surface area (Å²) in [5.74, 6) is 2.23. The van der Waals surface area contributed by atoms with Crippen molar-refractivity contribution in [3.8, 4) is 17.2 Å². The molecule has 0 bridgehead atoms. The van der Waals surface area contributed by atoms with Crippen molar-refractivity contribution in [3.05, 3.63) is 53.8 Å². The van der Waals surface area contributed by atoms with Crippen molar-refractivity contribution < 1.29 is 18.6 Å². The van der Waals surface area contributed by atoms with Gasteiger partial charge in [-0.15, -0.1) is 0 Å². The standard InChI is InChI=1S/C20H20N2O4/c1-23-13-6-4-12(5-7-13)15-10-16(22-21-15)19-18(24-2)11-17-14(8-9-26-17)20(19)25-3/h4-9,11,15,21H,10H2,1-3H3/t15-/m1/s1. The van der Waals surface area contributed by atoms with Gasteiger partial charge in [0.1, 0.15) is 22.8 Å². The van der Waals surface area contributed by atoms with Crippen molar-refractivity contribution in [3.63, 3.8) is 0 Å². The normalized spacial score (nSPS) is 16.3. The molecule has 1 aromatic heterocycles.